The molecule has 2 nitrogen and oxygen atoms in total. The molecular formula is C13H16N2S2. The highest BCUT2D eigenvalue weighted by Crippen LogP contribution is 2.34. The predicted molar refractivity (Wildman–Crippen MR) is 74.8 cm³/mol. The fourth-order valence-corrected chi connectivity index (χ4v) is 4.15. The molecule has 1 N–H and O–H groups in total. The highest BCUT2D eigenvalue weighted by Gasteiger charge is 2.20. The van der Waals surface area contributed by atoms with Crippen molar-refractivity contribution in [2.24, 2.45) is 0 Å². The number of rotatable bonds is 2. The summed E-state index contributed by atoms with van der Waals surface area (Å²) in [5.74, 6) is 0. The molecule has 0 aromatic carbocycles. The van der Waals surface area contributed by atoms with Gasteiger partial charge in [0.25, 0.3) is 0 Å². The Kier molecular flexibility index (Phi) is 3.27. The number of thiophene rings is 1. The van der Waals surface area contributed by atoms with Crippen LogP contribution < -0.4 is 5.32 Å². The number of nitrogens with zero attached hydrogens (tertiary/aromatic N) is 1. The second-order valence-electron chi connectivity index (χ2n) is 4.44. The molecule has 0 bridgehead atoms. The Morgan fingerprint density at radius 1 is 1.41 bits per heavy atom. The molecule has 0 amide bonds. The third-order valence-corrected chi connectivity index (χ3v) is 5.14. The van der Waals surface area contributed by atoms with Crippen molar-refractivity contribution in [1.29, 1.82) is 0 Å². The maximum Gasteiger partial charge on any atom is 0.111 e. The van der Waals surface area contributed by atoms with Crippen molar-refractivity contribution in [2.75, 3.05) is 6.54 Å². The molecule has 2 aromatic rings. The van der Waals surface area contributed by atoms with Crippen LogP contribution in [0.15, 0.2) is 17.5 Å². The summed E-state index contributed by atoms with van der Waals surface area (Å²) < 4.78 is 0. The van der Waals surface area contributed by atoms with Gasteiger partial charge in [0.15, 0.2) is 0 Å². The van der Waals surface area contributed by atoms with Crippen LogP contribution in [0.25, 0.3) is 10.6 Å². The topological polar surface area (TPSA) is 24.9 Å². The molecule has 2 aromatic heterocycles. The summed E-state index contributed by atoms with van der Waals surface area (Å²) in [6.07, 6.45) is 3.86. The summed E-state index contributed by atoms with van der Waals surface area (Å²) in [7, 11) is 0. The second-order valence-corrected chi connectivity index (χ2v) is 6.62. The molecule has 1 saturated heterocycles. The number of piperidine rings is 1. The van der Waals surface area contributed by atoms with Crippen LogP contribution in [-0.2, 0) is 0 Å². The van der Waals surface area contributed by atoms with Crippen molar-refractivity contribution in [3.8, 4) is 10.6 Å². The van der Waals surface area contributed by atoms with Crippen LogP contribution in [0, 0.1) is 6.92 Å². The quantitative estimate of drug-likeness (QED) is 0.887. The minimum atomic E-state index is 0.487. The van der Waals surface area contributed by atoms with Crippen molar-refractivity contribution in [1.82, 2.24) is 10.3 Å². The Bertz CT molecular complexity index is 481. The first-order chi connectivity index (χ1) is 8.34. The predicted octanol–water partition coefficient (Wildman–Crippen LogP) is 3.99. The summed E-state index contributed by atoms with van der Waals surface area (Å²) >= 11 is 3.63. The molecule has 3 rings (SSSR count). The Morgan fingerprint density at radius 2 is 2.35 bits per heavy atom. The standard InChI is InChI=1S/C13H16N2S2/c1-9-12(11-6-4-8-16-11)15-13(17-9)10-5-2-3-7-14-10/h4,6,8,10,14H,2-3,5,7H2,1H3. The van der Waals surface area contributed by atoms with Gasteiger partial charge in [-0.2, -0.15) is 0 Å². The molecule has 0 spiro atoms. The minimum Gasteiger partial charge on any atom is -0.308 e. The Balaban J connectivity index is 1.90. The lowest BCUT2D eigenvalue weighted by Crippen LogP contribution is -2.26. The van der Waals surface area contributed by atoms with Crippen LogP contribution in [0.4, 0.5) is 0 Å². The van der Waals surface area contributed by atoms with E-state index in [4.69, 9.17) is 4.98 Å². The zero-order valence-corrected chi connectivity index (χ0v) is 11.5. The van der Waals surface area contributed by atoms with Gasteiger partial charge in [-0.05, 0) is 37.8 Å². The van der Waals surface area contributed by atoms with Crippen LogP contribution in [0.5, 0.6) is 0 Å². The Labute approximate surface area is 110 Å². The van der Waals surface area contributed by atoms with E-state index >= 15 is 0 Å². The lowest BCUT2D eigenvalue weighted by molar-refractivity contribution is 0.411. The van der Waals surface area contributed by atoms with E-state index in [0.29, 0.717) is 6.04 Å². The van der Waals surface area contributed by atoms with E-state index < -0.39 is 0 Å². The van der Waals surface area contributed by atoms with Crippen molar-refractivity contribution in [2.45, 2.75) is 32.2 Å². The molecule has 0 radical (unpaired) electrons. The average Bonchev–Trinajstić information content (AvgIpc) is 2.99. The van der Waals surface area contributed by atoms with Crippen LogP contribution >= 0.6 is 22.7 Å². The van der Waals surface area contributed by atoms with E-state index in [9.17, 15) is 0 Å². The van der Waals surface area contributed by atoms with Crippen molar-refractivity contribution in [3.05, 3.63) is 27.4 Å². The van der Waals surface area contributed by atoms with Crippen LogP contribution in [-0.4, -0.2) is 11.5 Å². The largest absolute Gasteiger partial charge is 0.308 e. The van der Waals surface area contributed by atoms with Gasteiger partial charge < -0.3 is 5.32 Å². The van der Waals surface area contributed by atoms with E-state index in [-0.39, 0.29) is 0 Å². The zero-order valence-electron chi connectivity index (χ0n) is 9.90. The van der Waals surface area contributed by atoms with Crippen LogP contribution in [0.3, 0.4) is 0 Å². The Morgan fingerprint density at radius 3 is 3.06 bits per heavy atom. The van der Waals surface area contributed by atoms with Crippen LogP contribution in [0.1, 0.15) is 35.2 Å². The molecule has 4 heteroatoms. The summed E-state index contributed by atoms with van der Waals surface area (Å²) in [6.45, 7) is 3.32. The molecule has 17 heavy (non-hydrogen) atoms. The highest BCUT2D eigenvalue weighted by atomic mass is 32.1. The SMILES string of the molecule is Cc1sc(C2CCCCN2)nc1-c1cccs1. The Hall–Kier alpha value is -0.710. The second kappa shape index (κ2) is 4.88. The van der Waals surface area contributed by atoms with E-state index in [1.54, 1.807) is 11.3 Å². The molecule has 1 aliphatic rings. The van der Waals surface area contributed by atoms with Crippen LogP contribution in [0.2, 0.25) is 0 Å². The van der Waals surface area contributed by atoms with Crippen molar-refractivity contribution >= 4 is 22.7 Å². The number of hydrogen-bond acceptors (Lipinski definition) is 4. The molecule has 3 heterocycles. The van der Waals surface area contributed by atoms with Gasteiger partial charge in [0.05, 0.1) is 16.6 Å². The summed E-state index contributed by atoms with van der Waals surface area (Å²) in [4.78, 5) is 7.48. The number of nitrogens with one attached hydrogen (secondary N) is 1. The normalized spacial score (nSPS) is 20.6. The number of thiazole rings is 1. The van der Waals surface area contributed by atoms with Gasteiger partial charge in [-0.25, -0.2) is 4.98 Å². The van der Waals surface area contributed by atoms with Crippen molar-refractivity contribution in [3.63, 3.8) is 0 Å². The number of hydrogen-bond donors (Lipinski definition) is 1. The molecule has 1 fully saturated rings. The summed E-state index contributed by atoms with van der Waals surface area (Å²) in [5.41, 5.74) is 1.19. The fraction of sp³-hybridized carbons (Fsp3) is 0.462. The maximum atomic E-state index is 4.84. The third kappa shape index (κ3) is 2.30. The first-order valence-corrected chi connectivity index (χ1v) is 7.79. The summed E-state index contributed by atoms with van der Waals surface area (Å²) in [5, 5.41) is 6.96. The minimum absolute atomic E-state index is 0.487. The lowest BCUT2D eigenvalue weighted by Gasteiger charge is -2.21. The molecule has 90 valence electrons. The molecular weight excluding hydrogens is 248 g/mol. The van der Waals surface area contributed by atoms with E-state index in [1.165, 1.54) is 39.7 Å². The molecule has 0 saturated carbocycles. The van der Waals surface area contributed by atoms with Crippen molar-refractivity contribution < 1.29 is 0 Å². The zero-order chi connectivity index (χ0) is 11.7. The monoisotopic (exact) mass is 264 g/mol. The van der Waals surface area contributed by atoms with Gasteiger partial charge in [-0.15, -0.1) is 22.7 Å². The average molecular weight is 264 g/mol. The molecule has 1 aliphatic heterocycles. The molecule has 1 unspecified atom stereocenters. The summed E-state index contributed by atoms with van der Waals surface area (Å²) in [6, 6.07) is 4.74. The van der Waals surface area contributed by atoms with E-state index in [1.807, 2.05) is 11.3 Å². The molecule has 1 atom stereocenters. The first-order valence-electron chi connectivity index (χ1n) is 6.09. The first kappa shape index (κ1) is 11.4. The van der Waals surface area contributed by atoms with E-state index in [0.717, 1.165) is 6.54 Å². The highest BCUT2D eigenvalue weighted by molar-refractivity contribution is 7.15. The van der Waals surface area contributed by atoms with Gasteiger partial charge in [-0.1, -0.05) is 12.5 Å². The third-order valence-electron chi connectivity index (χ3n) is 3.18. The fourth-order valence-electron chi connectivity index (χ4n) is 2.27. The van der Waals surface area contributed by atoms with Gasteiger partial charge in [0.1, 0.15) is 5.01 Å². The number of aryl methyl sites for hydroxylation is 1. The van der Waals surface area contributed by atoms with Gasteiger partial charge in [0.2, 0.25) is 0 Å². The van der Waals surface area contributed by atoms with Gasteiger partial charge >= 0.3 is 0 Å². The van der Waals surface area contributed by atoms with Gasteiger partial charge in [0, 0.05) is 4.88 Å². The van der Waals surface area contributed by atoms with E-state index in [2.05, 4.69) is 29.8 Å². The molecule has 0 aliphatic carbocycles. The maximum absolute atomic E-state index is 4.84. The van der Waals surface area contributed by atoms with Gasteiger partial charge in [-0.3, -0.25) is 0 Å². The lowest BCUT2D eigenvalue weighted by atomic mass is 10.1. The smallest absolute Gasteiger partial charge is 0.111 e. The number of aromatic nitrogens is 1.